The van der Waals surface area contributed by atoms with Crippen molar-refractivity contribution in [1.29, 1.82) is 0 Å². The second-order valence-electron chi connectivity index (χ2n) is 11.0. The van der Waals surface area contributed by atoms with Crippen LogP contribution in [0.1, 0.15) is 35.6 Å². The first-order chi connectivity index (χ1) is 20.3. The van der Waals surface area contributed by atoms with Crippen molar-refractivity contribution in [1.82, 2.24) is 0 Å². The fourth-order valence-corrected chi connectivity index (χ4v) is 6.74. The Bertz CT molecular complexity index is 1350. The molecule has 2 aromatic rings. The summed E-state index contributed by atoms with van der Waals surface area (Å²) < 4.78 is 51.5. The molecule has 1 aliphatic carbocycles. The summed E-state index contributed by atoms with van der Waals surface area (Å²) in [5.41, 5.74) is 2.01. The Hall–Kier alpha value is -3.33. The van der Waals surface area contributed by atoms with Crippen LogP contribution < -0.4 is 18.9 Å². The second-order valence-corrected chi connectivity index (χ2v) is 11.0. The number of carbonyl (C=O) groups is 1. The molecule has 42 heavy (non-hydrogen) atoms. The number of phenols is 1. The van der Waals surface area contributed by atoms with E-state index in [-0.39, 0.29) is 37.3 Å². The summed E-state index contributed by atoms with van der Waals surface area (Å²) in [6.45, 7) is 1.93. The molecule has 2 aromatic carbocycles. The quantitative estimate of drug-likeness (QED) is 0.430. The highest BCUT2D eigenvalue weighted by molar-refractivity contribution is 5.79. The minimum atomic E-state index is -1.44. The van der Waals surface area contributed by atoms with Gasteiger partial charge in [0.25, 0.3) is 0 Å². The van der Waals surface area contributed by atoms with E-state index in [0.29, 0.717) is 28.2 Å². The summed E-state index contributed by atoms with van der Waals surface area (Å²) in [4.78, 5) is 13.4. The zero-order chi connectivity index (χ0) is 29.3. The molecule has 7 rings (SSSR count). The number of rotatable bonds is 5. The Kier molecular flexibility index (Phi) is 6.83. The third-order valence-electron chi connectivity index (χ3n) is 8.75. The van der Waals surface area contributed by atoms with Crippen LogP contribution >= 0.6 is 0 Å². The van der Waals surface area contributed by atoms with Crippen molar-refractivity contribution in [2.24, 2.45) is 11.8 Å². The number of hydrogen-bond donors (Lipinski definition) is 3. The van der Waals surface area contributed by atoms with E-state index in [1.807, 2.05) is 0 Å². The molecule has 0 amide bonds. The molecule has 13 heteroatoms. The number of carbonyl (C=O) groups excluding carboxylic acids is 1. The van der Waals surface area contributed by atoms with E-state index in [1.165, 1.54) is 14.2 Å². The molecule has 4 heterocycles. The molecule has 7 unspecified atom stereocenters. The Morgan fingerprint density at radius 1 is 0.881 bits per heavy atom. The van der Waals surface area contributed by atoms with Gasteiger partial charge < -0.3 is 58.0 Å². The number of phenolic OH excluding ortho intramolecular Hbond substituents is 1. The summed E-state index contributed by atoms with van der Waals surface area (Å²) in [5, 5.41) is 32.5. The summed E-state index contributed by atoms with van der Waals surface area (Å²) >= 11 is 0. The Morgan fingerprint density at radius 2 is 1.57 bits per heavy atom. The minimum absolute atomic E-state index is 0.0301. The maximum Gasteiger partial charge on any atom is 0.310 e. The first-order valence-corrected chi connectivity index (χ1v) is 13.8. The number of aromatic hydroxyl groups is 1. The van der Waals surface area contributed by atoms with Gasteiger partial charge in [-0.3, -0.25) is 4.79 Å². The highest BCUT2D eigenvalue weighted by Gasteiger charge is 2.56. The van der Waals surface area contributed by atoms with Crippen molar-refractivity contribution in [3.63, 3.8) is 0 Å². The minimum Gasteiger partial charge on any atom is -0.502 e. The third kappa shape index (κ3) is 4.26. The third-order valence-corrected chi connectivity index (χ3v) is 8.75. The molecule has 0 spiro atoms. The molecular weight excluding hydrogens is 556 g/mol. The van der Waals surface area contributed by atoms with Crippen LogP contribution in [0.25, 0.3) is 0 Å². The Morgan fingerprint density at radius 3 is 2.26 bits per heavy atom. The number of esters is 1. The van der Waals surface area contributed by atoms with E-state index >= 15 is 0 Å². The molecule has 0 saturated carbocycles. The van der Waals surface area contributed by atoms with Crippen molar-refractivity contribution in [2.75, 3.05) is 34.2 Å². The second kappa shape index (κ2) is 10.4. The first-order valence-electron chi connectivity index (χ1n) is 13.8. The topological polar surface area (TPSA) is 161 Å². The van der Waals surface area contributed by atoms with Gasteiger partial charge in [0.1, 0.15) is 24.4 Å². The van der Waals surface area contributed by atoms with Crippen molar-refractivity contribution in [2.45, 2.75) is 55.9 Å². The maximum absolute atomic E-state index is 13.4. The van der Waals surface area contributed by atoms with E-state index in [4.69, 9.17) is 42.6 Å². The van der Waals surface area contributed by atoms with Crippen LogP contribution in [0.2, 0.25) is 0 Å². The lowest BCUT2D eigenvalue weighted by molar-refractivity contribution is -0.364. The van der Waals surface area contributed by atoms with Crippen LogP contribution in [0.3, 0.4) is 0 Å². The zero-order valence-corrected chi connectivity index (χ0v) is 23.1. The van der Waals surface area contributed by atoms with E-state index in [2.05, 4.69) is 0 Å². The standard InChI is InChI=1S/C29H32O13/c1-11-36-9-20-27(40-11)24(31)25(32)29(41-20)42-26-14-7-17-16(38-10-39-17)6-13(14)21(22-15(26)8-37-28(22)33)12-4-18(34-2)23(30)19(5-12)35-3/h4-7,11,15,20-22,24-27,29-32H,8-10H2,1-3H3/t11?,15-,20?,21-,22+,24?,25?,26?,27?,29?/m1/s1. The number of aliphatic hydroxyl groups excluding tert-OH is 2. The lowest BCUT2D eigenvalue weighted by Gasteiger charge is -2.47. The SMILES string of the molecule is COc1cc([C@@H]2c3cc4c(cc3C(OC3OC5COC(C)OC5C(O)C3O)[C@@H]3COC(=O)[C@H]23)OCO4)cc(OC)c1O. The van der Waals surface area contributed by atoms with E-state index < -0.39 is 66.8 Å². The van der Waals surface area contributed by atoms with E-state index in [9.17, 15) is 20.1 Å². The van der Waals surface area contributed by atoms with E-state index in [1.54, 1.807) is 31.2 Å². The van der Waals surface area contributed by atoms with Gasteiger partial charge in [-0.05, 0) is 47.9 Å². The van der Waals surface area contributed by atoms with Gasteiger partial charge in [-0.2, -0.15) is 0 Å². The molecule has 5 aliphatic rings. The molecule has 3 saturated heterocycles. The van der Waals surface area contributed by atoms with Crippen LogP contribution in [0.5, 0.6) is 28.7 Å². The van der Waals surface area contributed by atoms with Gasteiger partial charge >= 0.3 is 5.97 Å². The molecule has 0 aromatic heterocycles. The summed E-state index contributed by atoms with van der Waals surface area (Å²) in [7, 11) is 2.86. The number of hydrogen-bond acceptors (Lipinski definition) is 13. The average Bonchev–Trinajstić information content (AvgIpc) is 3.61. The van der Waals surface area contributed by atoms with Gasteiger partial charge in [-0.15, -0.1) is 0 Å². The number of aliphatic hydroxyl groups is 2. The number of ether oxygens (including phenoxy) is 9. The van der Waals surface area contributed by atoms with Gasteiger partial charge in [-0.25, -0.2) is 0 Å². The highest BCUT2D eigenvalue weighted by Crippen LogP contribution is 2.57. The molecule has 226 valence electrons. The number of fused-ring (bicyclic) bond motifs is 4. The molecule has 13 nitrogen and oxygen atoms in total. The van der Waals surface area contributed by atoms with Crippen molar-refractivity contribution >= 4 is 5.97 Å². The lowest BCUT2D eigenvalue weighted by atomic mass is 9.66. The molecule has 0 bridgehead atoms. The normalized spacial score (nSPS) is 36.5. The van der Waals surface area contributed by atoms with E-state index in [0.717, 1.165) is 0 Å². The number of benzene rings is 2. The molecule has 4 aliphatic heterocycles. The van der Waals surface area contributed by atoms with Crippen LogP contribution in [-0.4, -0.2) is 92.5 Å². The fraction of sp³-hybridized carbons (Fsp3) is 0.552. The van der Waals surface area contributed by atoms with Crippen LogP contribution in [0, 0.1) is 11.8 Å². The number of methoxy groups -OCH3 is 2. The van der Waals surface area contributed by atoms with Gasteiger partial charge in [0.05, 0.1) is 39.5 Å². The Labute approximate surface area is 240 Å². The highest BCUT2D eigenvalue weighted by atomic mass is 16.8. The van der Waals surface area contributed by atoms with Crippen LogP contribution in [0.15, 0.2) is 24.3 Å². The van der Waals surface area contributed by atoms with Gasteiger partial charge in [0.15, 0.2) is 35.6 Å². The van der Waals surface area contributed by atoms with Gasteiger partial charge in [0.2, 0.25) is 12.5 Å². The fourth-order valence-electron chi connectivity index (χ4n) is 6.74. The lowest BCUT2D eigenvalue weighted by Crippen LogP contribution is -2.63. The molecule has 0 radical (unpaired) electrons. The molecule has 3 N–H and O–H groups in total. The molecule has 10 atom stereocenters. The summed E-state index contributed by atoms with van der Waals surface area (Å²) in [6.07, 6.45) is -6.80. The Balaban J connectivity index is 1.32. The molecule has 3 fully saturated rings. The van der Waals surface area contributed by atoms with Crippen LogP contribution in [0.4, 0.5) is 0 Å². The average molecular weight is 589 g/mol. The largest absolute Gasteiger partial charge is 0.502 e. The predicted molar refractivity (Wildman–Crippen MR) is 138 cm³/mol. The monoisotopic (exact) mass is 588 g/mol. The zero-order valence-electron chi connectivity index (χ0n) is 23.1. The summed E-state index contributed by atoms with van der Waals surface area (Å²) in [5.74, 6) is -1.02. The van der Waals surface area contributed by atoms with Crippen LogP contribution in [-0.2, 0) is 28.5 Å². The number of cyclic esters (lactones) is 1. The smallest absolute Gasteiger partial charge is 0.310 e. The van der Waals surface area contributed by atoms with Crippen molar-refractivity contribution < 1.29 is 62.7 Å². The summed E-state index contributed by atoms with van der Waals surface area (Å²) in [6, 6.07) is 6.93. The van der Waals surface area contributed by atoms with Crippen molar-refractivity contribution in [3.05, 3.63) is 41.0 Å². The predicted octanol–water partition coefficient (Wildman–Crippen LogP) is 1.34. The van der Waals surface area contributed by atoms with Gasteiger partial charge in [-0.1, -0.05) is 0 Å². The van der Waals surface area contributed by atoms with Gasteiger partial charge in [0, 0.05) is 11.8 Å². The molecular formula is C29H32O13. The first kappa shape index (κ1) is 27.5. The van der Waals surface area contributed by atoms with Crippen molar-refractivity contribution in [3.8, 4) is 28.7 Å². The maximum atomic E-state index is 13.4.